The number of barbiturate groups is 1. The molecule has 2 aromatic carbocycles. The zero-order valence-corrected chi connectivity index (χ0v) is 19.3. The molecule has 1 aliphatic heterocycles. The van der Waals surface area contributed by atoms with Crippen LogP contribution in [0.15, 0.2) is 60.2 Å². The van der Waals surface area contributed by atoms with E-state index in [1.54, 1.807) is 38.1 Å². The smallest absolute Gasteiger partial charge is 0.338 e. The number of benzene rings is 2. The number of hydrogen-bond donors (Lipinski definition) is 1. The van der Waals surface area contributed by atoms with Gasteiger partial charge in [0.25, 0.3) is 11.8 Å². The Bertz CT molecular complexity index is 1410. The Morgan fingerprint density at radius 1 is 1.06 bits per heavy atom. The number of ether oxygens (including phenoxy) is 1. The molecule has 9 heteroatoms. The maximum Gasteiger partial charge on any atom is 0.338 e. The molecular weight excluding hydrogens is 453 g/mol. The van der Waals surface area contributed by atoms with Crippen LogP contribution in [0, 0.1) is 19.7 Å². The molecular formula is C26H22FN3O5. The van der Waals surface area contributed by atoms with E-state index in [0.29, 0.717) is 27.4 Å². The summed E-state index contributed by atoms with van der Waals surface area (Å²) in [6.07, 6.45) is 1.37. The number of para-hydroxylation sites is 1. The quantitative estimate of drug-likeness (QED) is 0.341. The first-order valence-electron chi connectivity index (χ1n) is 10.9. The maximum atomic E-state index is 14.3. The average Bonchev–Trinajstić information content (AvgIpc) is 3.10. The summed E-state index contributed by atoms with van der Waals surface area (Å²) >= 11 is 0. The summed E-state index contributed by atoms with van der Waals surface area (Å²) in [7, 11) is 0. The molecule has 1 N–H and O–H groups in total. The molecule has 0 bridgehead atoms. The fraction of sp³-hybridized carbons (Fsp3) is 0.154. The van der Waals surface area contributed by atoms with E-state index in [4.69, 9.17) is 4.74 Å². The lowest BCUT2D eigenvalue weighted by Crippen LogP contribution is -2.54. The monoisotopic (exact) mass is 475 g/mol. The van der Waals surface area contributed by atoms with Gasteiger partial charge in [0, 0.05) is 17.1 Å². The number of rotatable bonds is 5. The Labute approximate surface area is 200 Å². The molecule has 0 aliphatic carbocycles. The van der Waals surface area contributed by atoms with Gasteiger partial charge in [0.1, 0.15) is 11.4 Å². The lowest BCUT2D eigenvalue weighted by Gasteiger charge is -2.26. The zero-order chi connectivity index (χ0) is 25.3. The molecule has 1 fully saturated rings. The highest BCUT2D eigenvalue weighted by Gasteiger charge is 2.38. The molecule has 178 valence electrons. The van der Waals surface area contributed by atoms with Gasteiger partial charge in [-0.1, -0.05) is 18.2 Å². The summed E-state index contributed by atoms with van der Waals surface area (Å²) in [6, 6.07) is 12.9. The lowest BCUT2D eigenvalue weighted by atomic mass is 10.1. The Kier molecular flexibility index (Phi) is 6.33. The SMILES string of the molecule is CCOC(=O)c1cccc(-n2c(C)cc(/C=C3\C(=O)NC(=O)N(c4ccccc4F)C3=O)c2C)c1. The normalized spacial score (nSPS) is 14.9. The molecule has 0 radical (unpaired) electrons. The topological polar surface area (TPSA) is 97.7 Å². The first kappa shape index (κ1) is 23.6. The van der Waals surface area contributed by atoms with Crippen molar-refractivity contribution in [3.8, 4) is 5.69 Å². The summed E-state index contributed by atoms with van der Waals surface area (Å²) in [4.78, 5) is 50.7. The van der Waals surface area contributed by atoms with E-state index in [0.717, 1.165) is 11.8 Å². The summed E-state index contributed by atoms with van der Waals surface area (Å²) in [5, 5.41) is 2.09. The lowest BCUT2D eigenvalue weighted by molar-refractivity contribution is -0.122. The van der Waals surface area contributed by atoms with Crippen LogP contribution in [0.25, 0.3) is 11.8 Å². The molecule has 1 aliphatic rings. The summed E-state index contributed by atoms with van der Waals surface area (Å²) in [5.74, 6) is -3.02. The minimum Gasteiger partial charge on any atom is -0.462 e. The number of carbonyl (C=O) groups excluding carboxylic acids is 4. The number of amides is 4. The van der Waals surface area contributed by atoms with Crippen LogP contribution in [0.1, 0.15) is 34.2 Å². The van der Waals surface area contributed by atoms with Gasteiger partial charge in [-0.3, -0.25) is 14.9 Å². The van der Waals surface area contributed by atoms with Gasteiger partial charge < -0.3 is 9.30 Å². The first-order chi connectivity index (χ1) is 16.7. The number of anilines is 1. The number of hydrogen-bond acceptors (Lipinski definition) is 5. The second-order valence-corrected chi connectivity index (χ2v) is 7.84. The van der Waals surface area contributed by atoms with Crippen LogP contribution < -0.4 is 10.2 Å². The van der Waals surface area contributed by atoms with Gasteiger partial charge in [-0.05, 0) is 68.8 Å². The third kappa shape index (κ3) is 4.35. The van der Waals surface area contributed by atoms with Crippen molar-refractivity contribution in [2.24, 2.45) is 0 Å². The molecule has 0 spiro atoms. The maximum absolute atomic E-state index is 14.3. The molecule has 2 heterocycles. The number of nitrogens with zero attached hydrogens (tertiary/aromatic N) is 2. The first-order valence-corrected chi connectivity index (χ1v) is 10.9. The summed E-state index contributed by atoms with van der Waals surface area (Å²) < 4.78 is 21.2. The molecule has 0 saturated carbocycles. The highest BCUT2D eigenvalue weighted by atomic mass is 19.1. The fourth-order valence-corrected chi connectivity index (χ4v) is 3.98. The number of carbonyl (C=O) groups is 4. The molecule has 0 atom stereocenters. The summed E-state index contributed by atoms with van der Waals surface area (Å²) in [6.45, 7) is 5.61. The Morgan fingerprint density at radius 2 is 1.80 bits per heavy atom. The number of aryl methyl sites for hydroxylation is 1. The molecule has 1 aromatic heterocycles. The van der Waals surface area contributed by atoms with Crippen molar-refractivity contribution in [2.45, 2.75) is 20.8 Å². The number of nitrogens with one attached hydrogen (secondary N) is 1. The Hall–Kier alpha value is -4.53. The van der Waals surface area contributed by atoms with Crippen LogP contribution in [0.4, 0.5) is 14.9 Å². The van der Waals surface area contributed by atoms with E-state index in [1.807, 2.05) is 17.6 Å². The van der Waals surface area contributed by atoms with Gasteiger partial charge in [0.05, 0.1) is 17.9 Å². The Balaban J connectivity index is 1.75. The second kappa shape index (κ2) is 9.38. The van der Waals surface area contributed by atoms with Crippen LogP contribution >= 0.6 is 0 Å². The van der Waals surface area contributed by atoms with E-state index in [2.05, 4.69) is 5.32 Å². The van der Waals surface area contributed by atoms with Crippen molar-refractivity contribution in [3.05, 3.63) is 88.5 Å². The van der Waals surface area contributed by atoms with Crippen LogP contribution in [-0.4, -0.2) is 35.0 Å². The van der Waals surface area contributed by atoms with Gasteiger partial charge >= 0.3 is 12.0 Å². The second-order valence-electron chi connectivity index (χ2n) is 7.84. The van der Waals surface area contributed by atoms with E-state index in [9.17, 15) is 23.6 Å². The number of urea groups is 1. The van der Waals surface area contributed by atoms with E-state index >= 15 is 0 Å². The molecule has 3 aromatic rings. The molecule has 4 amide bonds. The largest absolute Gasteiger partial charge is 0.462 e. The number of aromatic nitrogens is 1. The van der Waals surface area contributed by atoms with Gasteiger partial charge in [-0.15, -0.1) is 0 Å². The van der Waals surface area contributed by atoms with Crippen molar-refractivity contribution < 1.29 is 28.3 Å². The molecule has 1 saturated heterocycles. The van der Waals surface area contributed by atoms with E-state index < -0.39 is 29.6 Å². The molecule has 8 nitrogen and oxygen atoms in total. The predicted molar refractivity (Wildman–Crippen MR) is 127 cm³/mol. The zero-order valence-electron chi connectivity index (χ0n) is 19.3. The van der Waals surface area contributed by atoms with Gasteiger partial charge in [-0.2, -0.15) is 0 Å². The van der Waals surface area contributed by atoms with Crippen LogP contribution in [-0.2, 0) is 14.3 Å². The third-order valence-corrected chi connectivity index (χ3v) is 5.58. The number of esters is 1. The van der Waals surface area contributed by atoms with Crippen molar-refractivity contribution in [1.29, 1.82) is 0 Å². The molecule has 4 rings (SSSR count). The van der Waals surface area contributed by atoms with Crippen LogP contribution in [0.2, 0.25) is 0 Å². The van der Waals surface area contributed by atoms with Gasteiger partial charge in [0.15, 0.2) is 0 Å². The van der Waals surface area contributed by atoms with E-state index in [-0.39, 0.29) is 17.9 Å². The van der Waals surface area contributed by atoms with E-state index in [1.165, 1.54) is 24.3 Å². The third-order valence-electron chi connectivity index (χ3n) is 5.58. The highest BCUT2D eigenvalue weighted by Crippen LogP contribution is 2.27. The van der Waals surface area contributed by atoms with Crippen molar-refractivity contribution in [2.75, 3.05) is 11.5 Å². The predicted octanol–water partition coefficient (Wildman–Crippen LogP) is 4.08. The van der Waals surface area contributed by atoms with Crippen LogP contribution in [0.5, 0.6) is 0 Å². The Morgan fingerprint density at radius 3 is 2.51 bits per heavy atom. The fourth-order valence-electron chi connectivity index (χ4n) is 3.98. The average molecular weight is 475 g/mol. The van der Waals surface area contributed by atoms with Crippen molar-refractivity contribution in [1.82, 2.24) is 9.88 Å². The molecule has 35 heavy (non-hydrogen) atoms. The van der Waals surface area contributed by atoms with Crippen molar-refractivity contribution in [3.63, 3.8) is 0 Å². The van der Waals surface area contributed by atoms with Gasteiger partial charge in [0.2, 0.25) is 0 Å². The number of imide groups is 2. The van der Waals surface area contributed by atoms with Crippen LogP contribution in [0.3, 0.4) is 0 Å². The molecule has 0 unspecified atom stereocenters. The summed E-state index contributed by atoms with van der Waals surface area (Å²) in [5.41, 5.74) is 2.52. The standard InChI is InChI=1S/C26H22FN3O5/c1-4-35-25(33)17-8-7-9-19(13-17)29-15(2)12-18(16(29)3)14-20-23(31)28-26(34)30(24(20)32)22-11-6-5-10-21(22)27/h5-14H,4H2,1-3H3,(H,28,31,34)/b20-14+. The number of halogens is 1. The van der Waals surface area contributed by atoms with Gasteiger partial charge in [-0.25, -0.2) is 18.9 Å². The highest BCUT2D eigenvalue weighted by molar-refractivity contribution is 6.39. The van der Waals surface area contributed by atoms with Crippen molar-refractivity contribution >= 4 is 35.6 Å². The minimum absolute atomic E-state index is 0.255. The minimum atomic E-state index is -1.02.